The zero-order valence-electron chi connectivity index (χ0n) is 11.5. The molecular formula is C14H29N3. The standard InChI is InChI=1S/C14H29N3/c1-11(2)17-9-7-14(8-10-17)16-13-5-3-12(15)4-6-13/h11-14,16H,3-10,15H2,1-2H3. The van der Waals surface area contributed by atoms with Crippen LogP contribution < -0.4 is 11.1 Å². The highest BCUT2D eigenvalue weighted by atomic mass is 15.2. The van der Waals surface area contributed by atoms with Crippen LogP contribution in [-0.2, 0) is 0 Å². The van der Waals surface area contributed by atoms with Gasteiger partial charge in [-0.05, 0) is 65.5 Å². The Labute approximate surface area is 106 Å². The predicted molar refractivity (Wildman–Crippen MR) is 73.1 cm³/mol. The Kier molecular flexibility index (Phi) is 4.83. The number of nitrogens with one attached hydrogen (secondary N) is 1. The molecule has 3 heteroatoms. The summed E-state index contributed by atoms with van der Waals surface area (Å²) < 4.78 is 0. The van der Waals surface area contributed by atoms with Gasteiger partial charge >= 0.3 is 0 Å². The minimum Gasteiger partial charge on any atom is -0.328 e. The minimum absolute atomic E-state index is 0.468. The summed E-state index contributed by atoms with van der Waals surface area (Å²) in [6, 6.07) is 2.68. The molecule has 2 rings (SSSR count). The molecule has 0 unspecified atom stereocenters. The second-order valence-corrected chi connectivity index (χ2v) is 6.18. The van der Waals surface area contributed by atoms with Crippen LogP contribution >= 0.6 is 0 Å². The van der Waals surface area contributed by atoms with E-state index in [1.54, 1.807) is 0 Å². The van der Waals surface area contributed by atoms with Crippen molar-refractivity contribution < 1.29 is 0 Å². The minimum atomic E-state index is 0.468. The Bertz CT molecular complexity index is 214. The van der Waals surface area contributed by atoms with Crippen LogP contribution in [0.1, 0.15) is 52.4 Å². The van der Waals surface area contributed by atoms with Crippen LogP contribution in [-0.4, -0.2) is 42.2 Å². The first-order valence-electron chi connectivity index (χ1n) is 7.41. The normalized spacial score (nSPS) is 33.2. The molecule has 2 aliphatic rings. The molecule has 3 nitrogen and oxygen atoms in total. The molecule has 17 heavy (non-hydrogen) atoms. The lowest BCUT2D eigenvalue weighted by Crippen LogP contribution is -2.49. The van der Waals surface area contributed by atoms with E-state index in [0.29, 0.717) is 12.1 Å². The second-order valence-electron chi connectivity index (χ2n) is 6.18. The van der Waals surface area contributed by atoms with Gasteiger partial charge in [-0.1, -0.05) is 0 Å². The quantitative estimate of drug-likeness (QED) is 0.788. The molecule has 1 heterocycles. The van der Waals surface area contributed by atoms with Crippen LogP contribution in [0.5, 0.6) is 0 Å². The van der Waals surface area contributed by atoms with Gasteiger partial charge < -0.3 is 16.0 Å². The number of piperidine rings is 1. The molecule has 1 saturated carbocycles. The van der Waals surface area contributed by atoms with Crippen LogP contribution in [0, 0.1) is 0 Å². The van der Waals surface area contributed by atoms with E-state index in [1.165, 1.54) is 51.6 Å². The number of hydrogen-bond acceptors (Lipinski definition) is 3. The van der Waals surface area contributed by atoms with Crippen molar-refractivity contribution in [3.63, 3.8) is 0 Å². The van der Waals surface area contributed by atoms with Gasteiger partial charge in [0.05, 0.1) is 0 Å². The van der Waals surface area contributed by atoms with Crippen LogP contribution in [0.2, 0.25) is 0 Å². The molecule has 0 atom stereocenters. The Morgan fingerprint density at radius 1 is 0.941 bits per heavy atom. The molecule has 2 fully saturated rings. The first-order valence-corrected chi connectivity index (χ1v) is 7.41. The van der Waals surface area contributed by atoms with Crippen molar-refractivity contribution in [1.82, 2.24) is 10.2 Å². The maximum absolute atomic E-state index is 5.95. The molecule has 1 saturated heterocycles. The van der Waals surface area contributed by atoms with Crippen molar-refractivity contribution in [2.24, 2.45) is 5.73 Å². The van der Waals surface area contributed by atoms with Crippen molar-refractivity contribution in [2.45, 2.75) is 76.5 Å². The first kappa shape index (κ1) is 13.3. The summed E-state index contributed by atoms with van der Waals surface area (Å²) in [4.78, 5) is 2.59. The fourth-order valence-electron chi connectivity index (χ4n) is 3.20. The van der Waals surface area contributed by atoms with E-state index in [9.17, 15) is 0 Å². The smallest absolute Gasteiger partial charge is 0.00940 e. The molecule has 0 bridgehead atoms. The summed E-state index contributed by atoms with van der Waals surface area (Å²) in [6.45, 7) is 7.13. The molecule has 100 valence electrons. The van der Waals surface area contributed by atoms with Crippen molar-refractivity contribution in [3.05, 3.63) is 0 Å². The van der Waals surface area contributed by atoms with E-state index in [4.69, 9.17) is 5.73 Å². The Morgan fingerprint density at radius 3 is 2.00 bits per heavy atom. The Morgan fingerprint density at radius 2 is 1.47 bits per heavy atom. The molecule has 0 aromatic heterocycles. The highest BCUT2D eigenvalue weighted by molar-refractivity contribution is 4.85. The van der Waals surface area contributed by atoms with E-state index in [0.717, 1.165) is 12.1 Å². The number of hydrogen-bond donors (Lipinski definition) is 2. The van der Waals surface area contributed by atoms with Gasteiger partial charge in [-0.15, -0.1) is 0 Å². The van der Waals surface area contributed by atoms with Crippen LogP contribution in [0.3, 0.4) is 0 Å². The van der Waals surface area contributed by atoms with Gasteiger partial charge in [0.25, 0.3) is 0 Å². The lowest BCUT2D eigenvalue weighted by atomic mass is 9.90. The van der Waals surface area contributed by atoms with Gasteiger partial charge in [-0.3, -0.25) is 0 Å². The third kappa shape index (κ3) is 3.94. The molecule has 0 spiro atoms. The number of nitrogens with two attached hydrogens (primary N) is 1. The third-order valence-corrected chi connectivity index (χ3v) is 4.50. The zero-order valence-corrected chi connectivity index (χ0v) is 11.5. The summed E-state index contributed by atoms with van der Waals surface area (Å²) in [5, 5.41) is 3.86. The SMILES string of the molecule is CC(C)N1CCC(NC2CCC(N)CC2)CC1. The highest BCUT2D eigenvalue weighted by Gasteiger charge is 2.24. The third-order valence-electron chi connectivity index (χ3n) is 4.50. The van der Waals surface area contributed by atoms with Gasteiger partial charge in [0.15, 0.2) is 0 Å². The summed E-state index contributed by atoms with van der Waals surface area (Å²) in [5.74, 6) is 0. The summed E-state index contributed by atoms with van der Waals surface area (Å²) in [7, 11) is 0. The number of rotatable bonds is 3. The highest BCUT2D eigenvalue weighted by Crippen LogP contribution is 2.20. The van der Waals surface area contributed by atoms with Crippen LogP contribution in [0.25, 0.3) is 0 Å². The molecule has 0 amide bonds. The van der Waals surface area contributed by atoms with Crippen molar-refractivity contribution in [3.8, 4) is 0 Å². The molecule has 0 radical (unpaired) electrons. The van der Waals surface area contributed by atoms with Gasteiger partial charge in [0.2, 0.25) is 0 Å². The Hall–Kier alpha value is -0.120. The monoisotopic (exact) mass is 239 g/mol. The molecule has 3 N–H and O–H groups in total. The van der Waals surface area contributed by atoms with Crippen molar-refractivity contribution >= 4 is 0 Å². The number of nitrogens with zero attached hydrogens (tertiary/aromatic N) is 1. The molecule has 0 aromatic rings. The lowest BCUT2D eigenvalue weighted by Gasteiger charge is -2.37. The average Bonchev–Trinajstić information content (AvgIpc) is 2.33. The molecule has 1 aliphatic heterocycles. The van der Waals surface area contributed by atoms with Crippen LogP contribution in [0.15, 0.2) is 0 Å². The summed E-state index contributed by atoms with van der Waals surface area (Å²) in [6.07, 6.45) is 7.63. The summed E-state index contributed by atoms with van der Waals surface area (Å²) in [5.41, 5.74) is 5.95. The van der Waals surface area contributed by atoms with Crippen LogP contribution in [0.4, 0.5) is 0 Å². The van der Waals surface area contributed by atoms with Gasteiger partial charge in [0, 0.05) is 24.2 Å². The van der Waals surface area contributed by atoms with E-state index >= 15 is 0 Å². The fraction of sp³-hybridized carbons (Fsp3) is 1.00. The topological polar surface area (TPSA) is 41.3 Å². The largest absolute Gasteiger partial charge is 0.328 e. The second kappa shape index (κ2) is 6.17. The molecule has 0 aromatic carbocycles. The van der Waals surface area contributed by atoms with E-state index < -0.39 is 0 Å². The van der Waals surface area contributed by atoms with E-state index in [1.807, 2.05) is 0 Å². The molecule has 1 aliphatic carbocycles. The average molecular weight is 239 g/mol. The maximum Gasteiger partial charge on any atom is 0.00940 e. The van der Waals surface area contributed by atoms with Gasteiger partial charge in [-0.2, -0.15) is 0 Å². The van der Waals surface area contributed by atoms with Crippen molar-refractivity contribution in [1.29, 1.82) is 0 Å². The molecular weight excluding hydrogens is 210 g/mol. The fourth-order valence-corrected chi connectivity index (χ4v) is 3.20. The maximum atomic E-state index is 5.95. The Balaban J connectivity index is 1.67. The van der Waals surface area contributed by atoms with Gasteiger partial charge in [0.1, 0.15) is 0 Å². The zero-order chi connectivity index (χ0) is 12.3. The van der Waals surface area contributed by atoms with Gasteiger partial charge in [-0.25, -0.2) is 0 Å². The number of likely N-dealkylation sites (tertiary alicyclic amines) is 1. The van der Waals surface area contributed by atoms with Crippen molar-refractivity contribution in [2.75, 3.05) is 13.1 Å². The first-order chi connectivity index (χ1) is 8.15. The predicted octanol–water partition coefficient (Wildman–Crippen LogP) is 1.72. The summed E-state index contributed by atoms with van der Waals surface area (Å²) >= 11 is 0. The van der Waals surface area contributed by atoms with E-state index in [-0.39, 0.29) is 0 Å². The lowest BCUT2D eigenvalue weighted by molar-refractivity contribution is 0.151. The van der Waals surface area contributed by atoms with E-state index in [2.05, 4.69) is 24.1 Å².